The quantitative estimate of drug-likeness (QED) is 0.356. The van der Waals surface area contributed by atoms with Crippen molar-refractivity contribution in [2.24, 2.45) is 11.8 Å². The van der Waals surface area contributed by atoms with Crippen LogP contribution in [0.3, 0.4) is 0 Å². The molecule has 0 radical (unpaired) electrons. The van der Waals surface area contributed by atoms with Crippen molar-refractivity contribution in [2.45, 2.75) is 63.7 Å². The van der Waals surface area contributed by atoms with Gasteiger partial charge in [-0.2, -0.15) is 0 Å². The number of rotatable bonds is 11. The fraction of sp³-hybridized carbons (Fsp3) is 0.567. The first-order valence-corrected chi connectivity index (χ1v) is 13.5. The zero-order valence-corrected chi connectivity index (χ0v) is 23.1. The van der Waals surface area contributed by atoms with Crippen LogP contribution in [-0.2, 0) is 19.1 Å². The van der Waals surface area contributed by atoms with Crippen LogP contribution in [0.2, 0.25) is 0 Å². The number of hydrogen-bond acceptors (Lipinski definition) is 5. The molecule has 3 saturated heterocycles. The number of carbonyl (C=O) groups is 3. The topological polar surface area (TPSA) is 90.4 Å². The van der Waals surface area contributed by atoms with E-state index in [-0.39, 0.29) is 30.9 Å². The minimum Gasteiger partial charge on any atom is -0.396 e. The Hall–Kier alpha value is -2.97. The Morgan fingerprint density at radius 1 is 1.13 bits per heavy atom. The zero-order chi connectivity index (χ0) is 27.8. The predicted octanol–water partition coefficient (Wildman–Crippen LogP) is 3.00. The fourth-order valence-corrected chi connectivity index (χ4v) is 7.04. The van der Waals surface area contributed by atoms with Crippen molar-refractivity contribution >= 4 is 23.4 Å². The zero-order valence-electron chi connectivity index (χ0n) is 23.1. The van der Waals surface area contributed by atoms with Gasteiger partial charge in [0.1, 0.15) is 11.6 Å². The molecule has 0 aromatic heterocycles. The van der Waals surface area contributed by atoms with Gasteiger partial charge in [0.2, 0.25) is 11.8 Å². The number of aryl methyl sites for hydroxylation is 2. The van der Waals surface area contributed by atoms with Gasteiger partial charge in [0, 0.05) is 39.0 Å². The Morgan fingerprint density at radius 2 is 1.79 bits per heavy atom. The Labute approximate surface area is 225 Å². The molecule has 0 saturated carbocycles. The number of aliphatic hydroxyl groups excluding tert-OH is 1. The molecule has 3 amide bonds. The van der Waals surface area contributed by atoms with Gasteiger partial charge in [0.05, 0.1) is 17.4 Å². The molecule has 38 heavy (non-hydrogen) atoms. The third-order valence-electron chi connectivity index (χ3n) is 8.65. The molecule has 4 rings (SSSR count). The highest BCUT2D eigenvalue weighted by molar-refractivity contribution is 6.05. The average Bonchev–Trinajstić information content (AvgIpc) is 3.43. The van der Waals surface area contributed by atoms with E-state index in [2.05, 4.69) is 13.2 Å². The summed E-state index contributed by atoms with van der Waals surface area (Å²) in [6.07, 6.45) is 5.53. The van der Waals surface area contributed by atoms with Gasteiger partial charge in [-0.05, 0) is 57.6 Å². The third-order valence-corrected chi connectivity index (χ3v) is 8.65. The van der Waals surface area contributed by atoms with E-state index in [1.807, 2.05) is 39.0 Å². The standard InChI is InChI=1S/C30H41N3O5/c1-7-16-31(6)26(35)22-23-27(36)33(18-9-10-19-34)25(30(23)15-14-29(22,5)38-30)28(37)32(17-8-2)24-20(3)12-11-13-21(24)4/h7-8,11-13,22-23,25,34H,1-2,9-10,14-19H2,3-6H3/t22-,23-,25?,29+,30?/m0/s1. The number of anilines is 1. The van der Waals surface area contributed by atoms with Crippen molar-refractivity contribution in [3.05, 3.63) is 54.6 Å². The second-order valence-electron chi connectivity index (χ2n) is 11.2. The maximum atomic E-state index is 14.6. The lowest BCUT2D eigenvalue weighted by Gasteiger charge is -2.37. The summed E-state index contributed by atoms with van der Waals surface area (Å²) in [6.45, 7) is 14.4. The van der Waals surface area contributed by atoms with E-state index in [1.54, 1.807) is 33.9 Å². The molecule has 1 N–H and O–H groups in total. The molecule has 2 unspecified atom stereocenters. The van der Waals surface area contributed by atoms with Crippen LogP contribution in [-0.4, -0.2) is 83.2 Å². The lowest BCUT2D eigenvalue weighted by molar-refractivity contribution is -0.149. The summed E-state index contributed by atoms with van der Waals surface area (Å²) in [5, 5.41) is 9.40. The van der Waals surface area contributed by atoms with Crippen molar-refractivity contribution < 1.29 is 24.2 Å². The smallest absolute Gasteiger partial charge is 0.253 e. The van der Waals surface area contributed by atoms with Crippen LogP contribution in [0.4, 0.5) is 5.69 Å². The molecule has 3 heterocycles. The highest BCUT2D eigenvalue weighted by Gasteiger charge is 2.78. The van der Waals surface area contributed by atoms with Crippen molar-refractivity contribution in [2.75, 3.05) is 38.2 Å². The van der Waals surface area contributed by atoms with E-state index in [1.165, 1.54) is 0 Å². The lowest BCUT2D eigenvalue weighted by Crippen LogP contribution is -2.57. The first-order valence-electron chi connectivity index (χ1n) is 13.5. The number of carbonyl (C=O) groups excluding carboxylic acids is 3. The van der Waals surface area contributed by atoms with E-state index in [4.69, 9.17) is 4.74 Å². The van der Waals surface area contributed by atoms with Crippen molar-refractivity contribution in [1.82, 2.24) is 9.80 Å². The van der Waals surface area contributed by atoms with Crippen LogP contribution >= 0.6 is 0 Å². The lowest BCUT2D eigenvalue weighted by atomic mass is 9.66. The number of hydrogen-bond donors (Lipinski definition) is 1. The van der Waals surface area contributed by atoms with Crippen LogP contribution in [0.25, 0.3) is 0 Å². The Balaban J connectivity index is 1.82. The van der Waals surface area contributed by atoms with Gasteiger partial charge in [-0.1, -0.05) is 30.4 Å². The molecular weight excluding hydrogens is 482 g/mol. The van der Waals surface area contributed by atoms with E-state index in [0.29, 0.717) is 38.8 Å². The average molecular weight is 524 g/mol. The normalized spacial score (nSPS) is 29.3. The summed E-state index contributed by atoms with van der Waals surface area (Å²) in [5.74, 6) is -2.02. The number of likely N-dealkylation sites (tertiary alicyclic amines) is 1. The van der Waals surface area contributed by atoms with Crippen LogP contribution in [0.1, 0.15) is 43.7 Å². The molecular formula is C30H41N3O5. The second kappa shape index (κ2) is 10.7. The molecule has 2 bridgehead atoms. The molecule has 8 nitrogen and oxygen atoms in total. The molecule has 8 heteroatoms. The van der Waals surface area contributed by atoms with Gasteiger partial charge in [-0.25, -0.2) is 0 Å². The largest absolute Gasteiger partial charge is 0.396 e. The minimum absolute atomic E-state index is 0.00222. The summed E-state index contributed by atoms with van der Waals surface area (Å²) in [4.78, 5) is 47.4. The number of fused-ring (bicyclic) bond motifs is 1. The van der Waals surface area contributed by atoms with E-state index < -0.39 is 29.1 Å². The second-order valence-corrected chi connectivity index (χ2v) is 11.2. The monoisotopic (exact) mass is 523 g/mol. The Morgan fingerprint density at radius 3 is 2.39 bits per heavy atom. The molecule has 0 aliphatic carbocycles. The number of amides is 3. The summed E-state index contributed by atoms with van der Waals surface area (Å²) < 4.78 is 6.74. The van der Waals surface area contributed by atoms with E-state index in [0.717, 1.165) is 16.8 Å². The fourth-order valence-electron chi connectivity index (χ4n) is 7.04. The minimum atomic E-state index is -1.09. The van der Waals surface area contributed by atoms with Crippen molar-refractivity contribution in [1.29, 1.82) is 0 Å². The molecule has 3 aliphatic heterocycles. The van der Waals surface area contributed by atoms with Gasteiger partial charge in [0.25, 0.3) is 5.91 Å². The summed E-state index contributed by atoms with van der Waals surface area (Å²) in [5.41, 5.74) is 0.788. The summed E-state index contributed by atoms with van der Waals surface area (Å²) >= 11 is 0. The predicted molar refractivity (Wildman–Crippen MR) is 147 cm³/mol. The molecule has 3 aliphatic rings. The third kappa shape index (κ3) is 4.28. The number of aliphatic hydroxyl groups is 1. The maximum absolute atomic E-state index is 14.6. The van der Waals surface area contributed by atoms with Gasteiger partial charge in [-0.3, -0.25) is 14.4 Å². The van der Waals surface area contributed by atoms with Crippen molar-refractivity contribution in [3.63, 3.8) is 0 Å². The van der Waals surface area contributed by atoms with Crippen molar-refractivity contribution in [3.8, 4) is 0 Å². The number of ether oxygens (including phenoxy) is 1. The van der Waals surface area contributed by atoms with Crippen LogP contribution in [0.15, 0.2) is 43.5 Å². The van der Waals surface area contributed by atoms with Crippen LogP contribution < -0.4 is 4.90 Å². The molecule has 1 spiro atoms. The number of para-hydroxylation sites is 1. The molecule has 5 atom stereocenters. The van der Waals surface area contributed by atoms with Gasteiger partial charge in [-0.15, -0.1) is 13.2 Å². The number of unbranched alkanes of at least 4 members (excludes halogenated alkanes) is 1. The first kappa shape index (κ1) is 28.0. The Bertz CT molecular complexity index is 1110. The van der Waals surface area contributed by atoms with Gasteiger partial charge < -0.3 is 24.5 Å². The van der Waals surface area contributed by atoms with E-state index >= 15 is 0 Å². The SMILES string of the molecule is C=CCN(C)C(=O)[C@@H]1[C@H]2C(=O)N(CCCCO)C(C(=O)N(CC=C)c3c(C)cccc3C)C23CC[C@@]1(C)O3. The summed E-state index contributed by atoms with van der Waals surface area (Å²) in [6, 6.07) is 5.02. The molecule has 1 aromatic carbocycles. The number of likely N-dealkylation sites (N-methyl/N-ethyl adjacent to an activating group) is 1. The van der Waals surface area contributed by atoms with Gasteiger partial charge in [0.15, 0.2) is 0 Å². The van der Waals surface area contributed by atoms with E-state index in [9.17, 15) is 19.5 Å². The first-order chi connectivity index (χ1) is 18.1. The van der Waals surface area contributed by atoms with Gasteiger partial charge >= 0.3 is 0 Å². The molecule has 206 valence electrons. The van der Waals surface area contributed by atoms with Crippen LogP contribution in [0.5, 0.6) is 0 Å². The van der Waals surface area contributed by atoms with Crippen LogP contribution in [0, 0.1) is 25.7 Å². The highest BCUT2D eigenvalue weighted by Crippen LogP contribution is 2.63. The number of benzene rings is 1. The molecule has 3 fully saturated rings. The summed E-state index contributed by atoms with van der Waals surface area (Å²) in [7, 11) is 1.71. The molecule has 1 aromatic rings. The maximum Gasteiger partial charge on any atom is 0.253 e. The Kier molecular flexibility index (Phi) is 7.86. The highest BCUT2D eigenvalue weighted by atomic mass is 16.5. The number of nitrogens with zero attached hydrogens (tertiary/aromatic N) is 3.